The van der Waals surface area contributed by atoms with Crippen LogP contribution < -0.4 is 10.1 Å². The van der Waals surface area contributed by atoms with Crippen LogP contribution in [0.3, 0.4) is 0 Å². The average molecular weight is 402 g/mol. The summed E-state index contributed by atoms with van der Waals surface area (Å²) >= 11 is 1.11. The van der Waals surface area contributed by atoms with Gasteiger partial charge in [0.05, 0.1) is 23.9 Å². The molecule has 2 heterocycles. The van der Waals surface area contributed by atoms with E-state index in [9.17, 15) is 16.8 Å². The van der Waals surface area contributed by atoms with E-state index in [0.717, 1.165) is 16.9 Å². The van der Waals surface area contributed by atoms with Crippen molar-refractivity contribution in [3.63, 3.8) is 0 Å². The monoisotopic (exact) mass is 401 g/mol. The molecular formula is C16H19NO5S3. The number of nitrogens with one attached hydrogen (secondary N) is 1. The fourth-order valence-electron chi connectivity index (χ4n) is 2.98. The van der Waals surface area contributed by atoms with E-state index in [0.29, 0.717) is 12.3 Å². The molecule has 25 heavy (non-hydrogen) atoms. The molecule has 3 rings (SSSR count). The van der Waals surface area contributed by atoms with Gasteiger partial charge in [-0.15, -0.1) is 11.3 Å². The van der Waals surface area contributed by atoms with Gasteiger partial charge in [0.25, 0.3) is 0 Å². The summed E-state index contributed by atoms with van der Waals surface area (Å²) in [4.78, 5) is 0. The molecule has 1 N–H and O–H groups in total. The quantitative estimate of drug-likeness (QED) is 0.789. The molecule has 0 aliphatic carbocycles. The minimum absolute atomic E-state index is 0.183. The van der Waals surface area contributed by atoms with E-state index in [1.165, 1.54) is 6.07 Å². The Kier molecular flexibility index (Phi) is 5.19. The van der Waals surface area contributed by atoms with Gasteiger partial charge in [-0.05, 0) is 17.5 Å². The van der Waals surface area contributed by atoms with Gasteiger partial charge in [-0.2, -0.15) is 0 Å². The maximum absolute atomic E-state index is 12.8. The fraction of sp³-hybridized carbons (Fsp3) is 0.375. The van der Waals surface area contributed by atoms with Crippen molar-refractivity contribution in [2.45, 2.75) is 22.0 Å². The molecule has 2 aromatic rings. The van der Waals surface area contributed by atoms with Crippen LogP contribution in [0.5, 0.6) is 5.75 Å². The Morgan fingerprint density at radius 3 is 2.64 bits per heavy atom. The molecule has 9 heteroatoms. The Balaban J connectivity index is 1.83. The predicted octanol–water partition coefficient (Wildman–Crippen LogP) is 1.49. The molecule has 0 amide bonds. The lowest BCUT2D eigenvalue weighted by molar-refractivity contribution is 0.406. The number of hydrogen-bond donors (Lipinski definition) is 1. The van der Waals surface area contributed by atoms with Crippen molar-refractivity contribution in [1.82, 2.24) is 5.32 Å². The summed E-state index contributed by atoms with van der Waals surface area (Å²) in [6.45, 7) is 0.334. The van der Waals surface area contributed by atoms with Crippen molar-refractivity contribution in [3.05, 3.63) is 47.3 Å². The molecule has 1 aliphatic heterocycles. The maximum Gasteiger partial charge on any atom is 0.193 e. The van der Waals surface area contributed by atoms with Gasteiger partial charge in [-0.3, -0.25) is 0 Å². The molecule has 1 aromatic heterocycles. The van der Waals surface area contributed by atoms with Crippen molar-refractivity contribution >= 4 is 31.0 Å². The number of sulfone groups is 2. The highest BCUT2D eigenvalue weighted by atomic mass is 32.2. The van der Waals surface area contributed by atoms with Crippen molar-refractivity contribution in [3.8, 4) is 5.75 Å². The largest absolute Gasteiger partial charge is 0.496 e. The van der Waals surface area contributed by atoms with Crippen LogP contribution in [0.1, 0.15) is 5.56 Å². The van der Waals surface area contributed by atoms with Crippen LogP contribution >= 0.6 is 11.3 Å². The summed E-state index contributed by atoms with van der Waals surface area (Å²) < 4.78 is 55.3. The summed E-state index contributed by atoms with van der Waals surface area (Å²) in [5.41, 5.74) is 0.849. The first-order chi connectivity index (χ1) is 11.8. The summed E-state index contributed by atoms with van der Waals surface area (Å²) in [6, 6.07) is 9.87. The van der Waals surface area contributed by atoms with E-state index >= 15 is 0 Å². The highest BCUT2D eigenvalue weighted by molar-refractivity contribution is 7.97. The van der Waals surface area contributed by atoms with E-state index in [1.807, 2.05) is 24.3 Å². The zero-order valence-corrected chi connectivity index (χ0v) is 16.0. The normalized spacial score (nSPS) is 22.8. The number of thiophene rings is 1. The average Bonchev–Trinajstić information content (AvgIpc) is 3.21. The number of para-hydroxylation sites is 1. The number of ether oxygens (including phenoxy) is 1. The summed E-state index contributed by atoms with van der Waals surface area (Å²) in [6.07, 6.45) is 0. The summed E-state index contributed by atoms with van der Waals surface area (Å²) in [5, 5.41) is 3.81. The topological polar surface area (TPSA) is 89.5 Å². The van der Waals surface area contributed by atoms with Crippen LogP contribution in [0.25, 0.3) is 0 Å². The van der Waals surface area contributed by atoms with Crippen LogP contribution in [-0.2, 0) is 26.2 Å². The van der Waals surface area contributed by atoms with Crippen LogP contribution in [0.4, 0.5) is 0 Å². The molecule has 1 fully saturated rings. The molecule has 0 bridgehead atoms. The maximum atomic E-state index is 12.8. The third kappa shape index (κ3) is 3.89. The minimum Gasteiger partial charge on any atom is -0.496 e. The zero-order chi connectivity index (χ0) is 18.1. The standard InChI is InChI=1S/C16H19NO5S3/c1-22-14-6-3-2-5-12(14)9-17-13-10-24(18,19)11-15(13)25(20,21)16-7-4-8-23-16/h2-8,13,15,17H,9-11H2,1H3/t13-,15-/m0/s1. The predicted molar refractivity (Wildman–Crippen MR) is 97.6 cm³/mol. The molecule has 0 saturated carbocycles. The second-order valence-corrected chi connectivity index (χ2v) is 11.4. The van der Waals surface area contributed by atoms with Crippen LogP contribution in [-0.4, -0.2) is 46.7 Å². The van der Waals surface area contributed by atoms with Gasteiger partial charge < -0.3 is 10.1 Å². The molecule has 136 valence electrons. The van der Waals surface area contributed by atoms with Crippen molar-refractivity contribution in [2.24, 2.45) is 0 Å². The Labute approximate surface area is 151 Å². The van der Waals surface area contributed by atoms with Gasteiger partial charge in [-0.25, -0.2) is 16.8 Å². The SMILES string of the molecule is COc1ccccc1CN[C@H]1CS(=O)(=O)C[C@@H]1S(=O)(=O)c1cccs1. The third-order valence-electron chi connectivity index (χ3n) is 4.22. The zero-order valence-electron chi connectivity index (χ0n) is 13.6. The van der Waals surface area contributed by atoms with Gasteiger partial charge in [0, 0.05) is 18.2 Å². The van der Waals surface area contributed by atoms with E-state index < -0.39 is 31.0 Å². The Morgan fingerprint density at radius 1 is 1.20 bits per heavy atom. The lowest BCUT2D eigenvalue weighted by atomic mass is 10.1. The van der Waals surface area contributed by atoms with E-state index in [-0.39, 0.29) is 15.7 Å². The smallest absolute Gasteiger partial charge is 0.193 e. The lowest BCUT2D eigenvalue weighted by Crippen LogP contribution is -2.42. The first-order valence-electron chi connectivity index (χ1n) is 7.66. The molecular weight excluding hydrogens is 382 g/mol. The van der Waals surface area contributed by atoms with Gasteiger partial charge in [-0.1, -0.05) is 24.3 Å². The fourth-order valence-corrected chi connectivity index (χ4v) is 8.92. The van der Waals surface area contributed by atoms with Crippen LogP contribution in [0.15, 0.2) is 46.0 Å². The molecule has 6 nitrogen and oxygen atoms in total. The van der Waals surface area contributed by atoms with E-state index in [1.54, 1.807) is 18.6 Å². The van der Waals surface area contributed by atoms with Crippen molar-refractivity contribution < 1.29 is 21.6 Å². The highest BCUT2D eigenvalue weighted by Gasteiger charge is 2.46. The number of methoxy groups -OCH3 is 1. The Bertz CT molecular complexity index is 936. The van der Waals surface area contributed by atoms with Crippen molar-refractivity contribution in [2.75, 3.05) is 18.6 Å². The second kappa shape index (κ2) is 7.06. The summed E-state index contributed by atoms with van der Waals surface area (Å²) in [5.74, 6) is 0.141. The van der Waals surface area contributed by atoms with Gasteiger partial charge >= 0.3 is 0 Å². The van der Waals surface area contributed by atoms with E-state index in [2.05, 4.69) is 5.32 Å². The first kappa shape index (κ1) is 18.4. The van der Waals surface area contributed by atoms with E-state index in [4.69, 9.17) is 4.74 Å². The molecule has 0 radical (unpaired) electrons. The highest BCUT2D eigenvalue weighted by Crippen LogP contribution is 2.29. The molecule has 2 atom stereocenters. The molecule has 1 aromatic carbocycles. The van der Waals surface area contributed by atoms with Crippen molar-refractivity contribution in [1.29, 1.82) is 0 Å². The van der Waals surface area contributed by atoms with Gasteiger partial charge in [0.15, 0.2) is 19.7 Å². The Hall–Kier alpha value is -1.42. The van der Waals surface area contributed by atoms with Gasteiger partial charge in [0.1, 0.15) is 9.96 Å². The van der Waals surface area contributed by atoms with Crippen LogP contribution in [0.2, 0.25) is 0 Å². The number of hydrogen-bond acceptors (Lipinski definition) is 7. The van der Waals surface area contributed by atoms with Gasteiger partial charge in [0.2, 0.25) is 0 Å². The first-order valence-corrected chi connectivity index (χ1v) is 11.9. The Morgan fingerprint density at radius 2 is 1.96 bits per heavy atom. The molecule has 1 saturated heterocycles. The number of rotatable bonds is 6. The second-order valence-electron chi connectivity index (χ2n) is 5.89. The third-order valence-corrected chi connectivity index (χ3v) is 9.80. The molecule has 1 aliphatic rings. The minimum atomic E-state index is -3.69. The molecule has 0 spiro atoms. The lowest BCUT2D eigenvalue weighted by Gasteiger charge is -2.20. The van der Waals surface area contributed by atoms with Crippen LogP contribution in [0, 0.1) is 0 Å². The number of benzene rings is 1. The summed E-state index contributed by atoms with van der Waals surface area (Å²) in [7, 11) is -5.54. The molecule has 0 unspecified atom stereocenters.